The summed E-state index contributed by atoms with van der Waals surface area (Å²) in [4.78, 5) is 0. The molecule has 0 saturated carbocycles. The maximum absolute atomic E-state index is 2.38. The normalized spacial score (nSPS) is 10.5. The fourth-order valence-electron chi connectivity index (χ4n) is 7.35. The minimum absolute atomic E-state index is 0. The second-order valence-corrected chi connectivity index (χ2v) is 15.8. The Bertz CT molecular complexity index is 2710. The van der Waals surface area contributed by atoms with E-state index in [1.807, 2.05) is 30.3 Å². The fraction of sp³-hybridized carbons (Fsp3) is 0.0400. The summed E-state index contributed by atoms with van der Waals surface area (Å²) < 4.78 is 6.27. The van der Waals surface area contributed by atoms with Gasteiger partial charge in [-0.2, -0.15) is 18.2 Å². The quantitative estimate of drug-likeness (QED) is 0.154. The molecule has 0 aliphatic heterocycles. The Kier molecular flexibility index (Phi) is 12.9. The zero-order valence-corrected chi connectivity index (χ0v) is 34.9. The molecule has 272 valence electrons. The van der Waals surface area contributed by atoms with Crippen LogP contribution in [-0.4, -0.2) is 12.3 Å². The molecule has 11 aromatic rings. The van der Waals surface area contributed by atoms with Crippen LogP contribution in [0.4, 0.5) is 0 Å². The topological polar surface area (TPSA) is 9.86 Å². The number of aromatic nitrogens is 2. The Hall–Kier alpha value is -5.18. The van der Waals surface area contributed by atoms with Crippen molar-refractivity contribution >= 4 is 93.2 Å². The van der Waals surface area contributed by atoms with Crippen LogP contribution in [-0.2, 0) is 24.2 Å². The number of hydrogen-bond acceptors (Lipinski definition) is 0. The molecule has 2 nitrogen and oxygen atoms in total. The van der Waals surface area contributed by atoms with E-state index in [9.17, 15) is 0 Å². The van der Waals surface area contributed by atoms with Crippen molar-refractivity contribution in [2.75, 3.05) is 0 Å². The molecule has 0 spiro atoms. The van der Waals surface area contributed by atoms with Crippen molar-refractivity contribution in [1.82, 2.24) is 9.13 Å². The average molecular weight is 832 g/mol. The van der Waals surface area contributed by atoms with Crippen LogP contribution in [0.3, 0.4) is 0 Å². The van der Waals surface area contributed by atoms with Gasteiger partial charge in [-0.05, 0) is 47.4 Å². The molecular weight excluding hydrogens is 791 g/mol. The van der Waals surface area contributed by atoms with E-state index in [4.69, 9.17) is 0 Å². The number of para-hydroxylation sites is 4. The second kappa shape index (κ2) is 18.0. The van der Waals surface area contributed by atoms with Gasteiger partial charge in [0.25, 0.3) is 0 Å². The molecule has 9 aromatic carbocycles. The predicted molar refractivity (Wildman–Crippen MR) is 241 cm³/mol. The monoisotopic (exact) mass is 829 g/mol. The molecule has 5 heteroatoms. The zero-order valence-electron chi connectivity index (χ0n) is 30.8. The third kappa shape index (κ3) is 7.98. The summed E-state index contributed by atoms with van der Waals surface area (Å²) in [6.07, 6.45) is 0. The largest absolute Gasteiger partial charge is 0.355 e. The first-order valence-corrected chi connectivity index (χ1v) is 19.3. The number of fused-ring (bicyclic) bond motifs is 10. The summed E-state index contributed by atoms with van der Waals surface area (Å²) in [5, 5.41) is 10.6. The van der Waals surface area contributed by atoms with Crippen molar-refractivity contribution < 1.29 is 24.2 Å². The number of benzene rings is 6. The van der Waals surface area contributed by atoms with Gasteiger partial charge in [0.2, 0.25) is 0 Å². The molecule has 0 radical (unpaired) electrons. The molecule has 0 N–H and O–H groups in total. The molecule has 2 heterocycles. The molecular formula is C50H41Cl2N2Zr-3. The van der Waals surface area contributed by atoms with Crippen LogP contribution in [0, 0.1) is 0 Å². The summed E-state index contributed by atoms with van der Waals surface area (Å²) in [7, 11) is 0. The average Bonchev–Trinajstić information content (AvgIpc) is 4.04. The van der Waals surface area contributed by atoms with Crippen LogP contribution in [0.5, 0.6) is 0 Å². The number of rotatable bonds is 2. The molecule has 11 rings (SSSR count). The molecule has 0 fully saturated rings. The van der Waals surface area contributed by atoms with E-state index >= 15 is 0 Å². The Morgan fingerprint density at radius 3 is 1.11 bits per heavy atom. The summed E-state index contributed by atoms with van der Waals surface area (Å²) in [6, 6.07) is 70.4. The van der Waals surface area contributed by atoms with Gasteiger partial charge in [0, 0.05) is 22.4 Å². The van der Waals surface area contributed by atoms with Crippen molar-refractivity contribution in [1.29, 1.82) is 0 Å². The Balaban J connectivity index is 0.000000149. The van der Waals surface area contributed by atoms with Gasteiger partial charge < -0.3 is 9.13 Å². The summed E-state index contributed by atoms with van der Waals surface area (Å²) in [5.41, 5.74) is 7.58. The van der Waals surface area contributed by atoms with E-state index in [2.05, 4.69) is 193 Å². The van der Waals surface area contributed by atoms with Gasteiger partial charge in [-0.15, -0.1) is 59.9 Å². The van der Waals surface area contributed by atoms with Gasteiger partial charge in [0.05, 0.1) is 0 Å². The van der Waals surface area contributed by atoms with Crippen molar-refractivity contribution in [3.8, 4) is 11.4 Å². The molecule has 0 bridgehead atoms. The summed E-state index contributed by atoms with van der Waals surface area (Å²) in [5.74, 6) is 0. The first-order valence-electron chi connectivity index (χ1n) is 18.0. The van der Waals surface area contributed by atoms with Gasteiger partial charge in [-0.25, -0.2) is 12.1 Å². The van der Waals surface area contributed by atoms with Crippen LogP contribution in [0.15, 0.2) is 200 Å². The third-order valence-electron chi connectivity index (χ3n) is 9.44. The molecule has 55 heavy (non-hydrogen) atoms. The first-order chi connectivity index (χ1) is 26.1. The number of halogens is 2. The molecule has 0 aliphatic rings. The van der Waals surface area contributed by atoms with Gasteiger partial charge in [-0.1, -0.05) is 142 Å². The number of hydrogen-bond donors (Lipinski definition) is 0. The molecule has 0 atom stereocenters. The van der Waals surface area contributed by atoms with E-state index in [1.165, 1.54) is 79.7 Å². The van der Waals surface area contributed by atoms with Crippen LogP contribution < -0.4 is 0 Å². The molecule has 0 saturated heterocycles. The van der Waals surface area contributed by atoms with E-state index in [0.29, 0.717) is 0 Å². The van der Waals surface area contributed by atoms with E-state index < -0.39 is 0 Å². The van der Waals surface area contributed by atoms with Crippen LogP contribution in [0.25, 0.3) is 76.5 Å². The Morgan fingerprint density at radius 2 is 0.745 bits per heavy atom. The summed E-state index contributed by atoms with van der Waals surface area (Å²) in [6.45, 7) is 4.25. The van der Waals surface area contributed by atoms with E-state index in [0.717, 1.165) is 0 Å². The molecule has 0 unspecified atom stereocenters. The molecule has 0 aliphatic carbocycles. The minimum Gasteiger partial charge on any atom is -0.355 e. The maximum Gasteiger partial charge on any atom is 0.0378 e. The zero-order chi connectivity index (χ0) is 36.1. The van der Waals surface area contributed by atoms with Gasteiger partial charge >= 0.3 is 41.3 Å². The SMILES string of the molecule is C[C](C)=[Zr].Cl.Cl.c1cc[cH-]c1.c1ccc(-n2c3ccccc3c3[cH-]c4ccccc4c32)cc1.c1ccc(-n2c3ccccc3c3[cH-]c4ccccc4c32)cc1. The maximum atomic E-state index is 2.38. The minimum atomic E-state index is 0. The van der Waals surface area contributed by atoms with E-state index in [1.54, 1.807) is 24.2 Å². The van der Waals surface area contributed by atoms with Crippen LogP contribution >= 0.6 is 24.8 Å². The molecule has 0 amide bonds. The molecule has 2 aromatic heterocycles. The standard InChI is InChI=1S/2C21H14N.C5H5.C3H6.2ClH.Zr/c2*1-2-9-16(10-3-1)22-20-13-7-6-12-18(20)19-14-15-8-4-5-11-17(15)21(19)22;1-2-4-5-3-1;1-3-2;;;/h2*1-14H;1-5H;1-2H3;2*1H;/q3*-1;;;;. The van der Waals surface area contributed by atoms with Crippen molar-refractivity contribution in [3.63, 3.8) is 0 Å². The summed E-state index contributed by atoms with van der Waals surface area (Å²) >= 11 is 1.55. The Morgan fingerprint density at radius 1 is 0.418 bits per heavy atom. The van der Waals surface area contributed by atoms with Gasteiger partial charge in [-0.3, -0.25) is 0 Å². The van der Waals surface area contributed by atoms with Crippen molar-refractivity contribution in [3.05, 3.63) is 200 Å². The number of nitrogens with zero attached hydrogens (tertiary/aromatic N) is 2. The fourth-order valence-corrected chi connectivity index (χ4v) is 7.35. The third-order valence-corrected chi connectivity index (χ3v) is 9.44. The van der Waals surface area contributed by atoms with Crippen LogP contribution in [0.2, 0.25) is 0 Å². The predicted octanol–water partition coefficient (Wildman–Crippen LogP) is 14.3. The van der Waals surface area contributed by atoms with Crippen molar-refractivity contribution in [2.24, 2.45) is 0 Å². The van der Waals surface area contributed by atoms with E-state index in [-0.39, 0.29) is 24.8 Å². The van der Waals surface area contributed by atoms with Crippen molar-refractivity contribution in [2.45, 2.75) is 13.8 Å². The smallest absolute Gasteiger partial charge is 0.0378 e. The van der Waals surface area contributed by atoms with Crippen LogP contribution in [0.1, 0.15) is 13.8 Å². The first kappa shape index (κ1) is 39.5. The van der Waals surface area contributed by atoms with Gasteiger partial charge in [0.1, 0.15) is 0 Å². The van der Waals surface area contributed by atoms with Gasteiger partial charge in [0.15, 0.2) is 0 Å². The second-order valence-electron chi connectivity index (χ2n) is 13.3. The Labute approximate surface area is 349 Å².